The van der Waals surface area contributed by atoms with E-state index in [1.165, 1.54) is 0 Å². The quantitative estimate of drug-likeness (QED) is 0.521. The maximum absolute atomic E-state index is 11.1. The Morgan fingerprint density at radius 2 is 2.05 bits per heavy atom. The number of hydrogen-bond donors (Lipinski definition) is 1. The molecule has 1 aromatic carbocycles. The minimum Gasteiger partial charge on any atom is -0.393 e. The molecule has 104 valence electrons. The second-order valence-corrected chi connectivity index (χ2v) is 6.12. The first-order valence-electron chi connectivity index (χ1n) is 6.69. The zero-order valence-electron chi connectivity index (χ0n) is 10.7. The molecule has 19 heavy (non-hydrogen) atoms. The molecule has 1 fully saturated rings. The summed E-state index contributed by atoms with van der Waals surface area (Å²) in [6.45, 7) is 0. The first-order chi connectivity index (χ1) is 9.08. The Morgan fingerprint density at radius 1 is 1.32 bits per heavy atom. The third-order valence-electron chi connectivity index (χ3n) is 3.85. The van der Waals surface area contributed by atoms with Gasteiger partial charge in [-0.3, -0.25) is 10.1 Å². The van der Waals surface area contributed by atoms with Crippen LogP contribution in [0.2, 0.25) is 0 Å². The lowest BCUT2D eigenvalue weighted by Crippen LogP contribution is -2.21. The fraction of sp³-hybridized carbons (Fsp3) is 0.571. The first-order valence-corrected chi connectivity index (χ1v) is 7.48. The number of nitro groups is 1. The highest BCUT2D eigenvalue weighted by Gasteiger charge is 2.25. The predicted octanol–water partition coefficient (Wildman–Crippen LogP) is 3.84. The molecule has 0 aromatic heterocycles. The van der Waals surface area contributed by atoms with Crippen molar-refractivity contribution in [2.45, 2.75) is 44.6 Å². The Labute approximate surface area is 121 Å². The number of nitrogens with zero attached hydrogens (tertiary/aromatic N) is 1. The Kier molecular flexibility index (Phi) is 4.93. The van der Waals surface area contributed by atoms with Crippen molar-refractivity contribution in [1.29, 1.82) is 0 Å². The van der Waals surface area contributed by atoms with Crippen LogP contribution >= 0.6 is 15.9 Å². The summed E-state index contributed by atoms with van der Waals surface area (Å²) in [5.41, 5.74) is 0.866. The molecule has 1 aliphatic carbocycles. The number of halogens is 1. The van der Waals surface area contributed by atoms with Crippen LogP contribution in [0.1, 0.15) is 37.7 Å². The molecule has 1 aliphatic rings. The van der Waals surface area contributed by atoms with E-state index >= 15 is 0 Å². The molecule has 2 rings (SSSR count). The molecule has 2 atom stereocenters. The van der Waals surface area contributed by atoms with Gasteiger partial charge in [-0.2, -0.15) is 0 Å². The molecule has 0 radical (unpaired) electrons. The third kappa shape index (κ3) is 3.76. The molecule has 1 N–H and O–H groups in total. The van der Waals surface area contributed by atoms with E-state index in [1.54, 1.807) is 12.1 Å². The Bertz CT molecular complexity index is 464. The van der Waals surface area contributed by atoms with Gasteiger partial charge in [-0.15, -0.1) is 0 Å². The third-order valence-corrected chi connectivity index (χ3v) is 4.34. The van der Waals surface area contributed by atoms with Crippen molar-refractivity contribution in [3.8, 4) is 0 Å². The van der Waals surface area contributed by atoms with Crippen LogP contribution in [0, 0.1) is 16.0 Å². The van der Waals surface area contributed by atoms with Crippen LogP contribution in [0.5, 0.6) is 0 Å². The highest BCUT2D eigenvalue weighted by molar-refractivity contribution is 9.10. The van der Waals surface area contributed by atoms with Gasteiger partial charge in [-0.05, 0) is 31.2 Å². The molecule has 1 saturated carbocycles. The molecule has 0 amide bonds. The topological polar surface area (TPSA) is 63.4 Å². The van der Waals surface area contributed by atoms with E-state index in [0.29, 0.717) is 10.9 Å². The molecule has 1 aromatic rings. The summed E-state index contributed by atoms with van der Waals surface area (Å²) in [4.78, 5) is 10.7. The summed E-state index contributed by atoms with van der Waals surface area (Å²) < 4.78 is 0.712. The van der Waals surface area contributed by atoms with E-state index in [-0.39, 0.29) is 22.6 Å². The van der Waals surface area contributed by atoms with Crippen molar-refractivity contribution < 1.29 is 10.0 Å². The second-order valence-electron chi connectivity index (χ2n) is 5.20. The summed E-state index contributed by atoms with van der Waals surface area (Å²) in [6, 6.07) is 5.16. The molecule has 0 heterocycles. The van der Waals surface area contributed by atoms with E-state index in [0.717, 1.165) is 37.7 Å². The number of hydrogen-bond acceptors (Lipinski definition) is 3. The van der Waals surface area contributed by atoms with Crippen molar-refractivity contribution in [3.05, 3.63) is 38.3 Å². The normalized spacial score (nSPS) is 23.9. The van der Waals surface area contributed by atoms with E-state index in [4.69, 9.17) is 0 Å². The molecule has 2 unspecified atom stereocenters. The fourth-order valence-electron chi connectivity index (χ4n) is 2.77. The van der Waals surface area contributed by atoms with Gasteiger partial charge in [-0.25, -0.2) is 0 Å². The van der Waals surface area contributed by atoms with E-state index in [9.17, 15) is 15.2 Å². The Morgan fingerprint density at radius 3 is 2.79 bits per heavy atom. The monoisotopic (exact) mass is 327 g/mol. The van der Waals surface area contributed by atoms with Crippen LogP contribution in [0.15, 0.2) is 22.7 Å². The van der Waals surface area contributed by atoms with Gasteiger partial charge < -0.3 is 5.11 Å². The van der Waals surface area contributed by atoms with Crippen molar-refractivity contribution in [1.82, 2.24) is 0 Å². The van der Waals surface area contributed by atoms with Gasteiger partial charge in [0.1, 0.15) is 0 Å². The van der Waals surface area contributed by atoms with Gasteiger partial charge in [0, 0.05) is 16.1 Å². The maximum atomic E-state index is 11.1. The fourth-order valence-corrected chi connectivity index (χ4v) is 3.11. The zero-order chi connectivity index (χ0) is 13.8. The van der Waals surface area contributed by atoms with Crippen molar-refractivity contribution in [3.63, 3.8) is 0 Å². The Hall–Kier alpha value is -0.940. The van der Waals surface area contributed by atoms with Crippen molar-refractivity contribution in [2.24, 2.45) is 5.92 Å². The lowest BCUT2D eigenvalue weighted by molar-refractivity contribution is -0.385. The van der Waals surface area contributed by atoms with Crippen LogP contribution in [-0.4, -0.2) is 16.1 Å². The Balaban J connectivity index is 2.19. The zero-order valence-corrected chi connectivity index (χ0v) is 12.3. The van der Waals surface area contributed by atoms with Crippen LogP contribution in [0.4, 0.5) is 5.69 Å². The molecule has 5 heteroatoms. The van der Waals surface area contributed by atoms with Crippen molar-refractivity contribution >= 4 is 21.6 Å². The molecule has 4 nitrogen and oxygen atoms in total. The highest BCUT2D eigenvalue weighted by Crippen LogP contribution is 2.31. The van der Waals surface area contributed by atoms with E-state index < -0.39 is 0 Å². The number of aliphatic hydroxyl groups is 1. The van der Waals surface area contributed by atoms with Crippen LogP contribution < -0.4 is 0 Å². The first kappa shape index (κ1) is 14.5. The van der Waals surface area contributed by atoms with Gasteiger partial charge in [0.25, 0.3) is 5.69 Å². The molecular formula is C14H18BrNO3. The largest absolute Gasteiger partial charge is 0.393 e. The van der Waals surface area contributed by atoms with Crippen LogP contribution in [-0.2, 0) is 6.42 Å². The van der Waals surface area contributed by atoms with Gasteiger partial charge in [0.05, 0.1) is 11.0 Å². The number of nitro benzene ring substituents is 1. The summed E-state index contributed by atoms with van der Waals surface area (Å²) in [5, 5.41) is 21.2. The number of rotatable bonds is 3. The predicted molar refractivity (Wildman–Crippen MR) is 77.1 cm³/mol. The molecule has 0 aliphatic heterocycles. The van der Waals surface area contributed by atoms with Crippen LogP contribution in [0.25, 0.3) is 0 Å². The van der Waals surface area contributed by atoms with Gasteiger partial charge in [-0.1, -0.05) is 41.3 Å². The van der Waals surface area contributed by atoms with Gasteiger partial charge in [0.15, 0.2) is 0 Å². The number of benzene rings is 1. The summed E-state index contributed by atoms with van der Waals surface area (Å²) in [5.74, 6) is 0.141. The van der Waals surface area contributed by atoms with Gasteiger partial charge in [0.2, 0.25) is 0 Å². The summed E-state index contributed by atoms with van der Waals surface area (Å²) >= 11 is 3.26. The summed E-state index contributed by atoms with van der Waals surface area (Å²) in [7, 11) is 0. The molecule has 0 saturated heterocycles. The van der Waals surface area contributed by atoms with E-state index in [2.05, 4.69) is 15.9 Å². The SMILES string of the molecule is O=[N+]([O-])c1cc(Br)ccc1CC1CCCCCC1O. The highest BCUT2D eigenvalue weighted by atomic mass is 79.9. The smallest absolute Gasteiger partial charge is 0.273 e. The standard InChI is InChI=1S/C14H18BrNO3/c15-12-7-6-10(13(9-12)16(18)19)8-11-4-2-1-3-5-14(11)17/h6-7,9,11,14,17H,1-5,8H2. The lowest BCUT2D eigenvalue weighted by atomic mass is 9.89. The van der Waals surface area contributed by atoms with Crippen molar-refractivity contribution in [2.75, 3.05) is 0 Å². The van der Waals surface area contributed by atoms with Crippen LogP contribution in [0.3, 0.4) is 0 Å². The molecular weight excluding hydrogens is 310 g/mol. The minimum atomic E-state index is -0.344. The maximum Gasteiger partial charge on any atom is 0.273 e. The average molecular weight is 328 g/mol. The molecule has 0 bridgehead atoms. The minimum absolute atomic E-state index is 0.141. The van der Waals surface area contributed by atoms with Gasteiger partial charge >= 0.3 is 0 Å². The number of aliphatic hydroxyl groups excluding tert-OH is 1. The average Bonchev–Trinajstić information content (AvgIpc) is 2.57. The van der Waals surface area contributed by atoms with E-state index in [1.807, 2.05) is 6.07 Å². The molecule has 0 spiro atoms. The second kappa shape index (κ2) is 6.48. The summed E-state index contributed by atoms with van der Waals surface area (Å²) in [6.07, 6.45) is 5.33. The lowest BCUT2D eigenvalue weighted by Gasteiger charge is -2.20.